The van der Waals surface area contributed by atoms with Crippen molar-refractivity contribution in [2.45, 2.75) is 0 Å². The summed E-state index contributed by atoms with van der Waals surface area (Å²) in [7, 11) is 0. The molecule has 6 N–H and O–H groups in total. The number of nitro groups is 1. The lowest BCUT2D eigenvalue weighted by Crippen LogP contribution is -2.38. The Bertz CT molecular complexity index is 194. The SMILES string of the molecule is NC(N)=NNC(=O)N[N+](=O)[O-]. The first-order chi connectivity index (χ1) is 5.02. The highest BCUT2D eigenvalue weighted by molar-refractivity contribution is 5.79. The van der Waals surface area contributed by atoms with E-state index >= 15 is 0 Å². The summed E-state index contributed by atoms with van der Waals surface area (Å²) in [6.45, 7) is 0. The second-order valence-electron chi connectivity index (χ2n) is 1.35. The predicted octanol–water partition coefficient (Wildman–Crippen LogP) is -2.33. The largest absolute Gasteiger partial charge is 0.393 e. The number of urea groups is 1. The van der Waals surface area contributed by atoms with Crippen LogP contribution in [0, 0.1) is 10.1 Å². The van der Waals surface area contributed by atoms with Crippen LogP contribution in [0.25, 0.3) is 0 Å². The summed E-state index contributed by atoms with van der Waals surface area (Å²) in [6.07, 6.45) is 0. The molecular weight excluding hydrogens is 156 g/mol. The van der Waals surface area contributed by atoms with Crippen molar-refractivity contribution in [1.29, 1.82) is 0 Å². The molecule has 0 aliphatic rings. The van der Waals surface area contributed by atoms with Crippen molar-refractivity contribution in [3.05, 3.63) is 10.1 Å². The van der Waals surface area contributed by atoms with Gasteiger partial charge in [-0.2, -0.15) is 0 Å². The standard InChI is InChI=1S/C2H6N6O3/c3-1(4)5-6-2(9)7-8(10)11/h(H4,3,4,5)(H2,6,7,9). The van der Waals surface area contributed by atoms with Crippen molar-refractivity contribution in [3.63, 3.8) is 0 Å². The van der Waals surface area contributed by atoms with Gasteiger partial charge in [-0.15, -0.1) is 5.10 Å². The van der Waals surface area contributed by atoms with Crippen LogP contribution in [0.1, 0.15) is 0 Å². The Morgan fingerprint density at radius 3 is 2.45 bits per heavy atom. The number of hydrogen-bond acceptors (Lipinski definition) is 4. The number of nitrogens with two attached hydrogens (primary N) is 2. The van der Waals surface area contributed by atoms with Crippen LogP contribution in [-0.2, 0) is 0 Å². The van der Waals surface area contributed by atoms with Crippen molar-refractivity contribution in [3.8, 4) is 0 Å². The Balaban J connectivity index is 3.71. The van der Waals surface area contributed by atoms with Crippen molar-refractivity contribution in [2.75, 3.05) is 0 Å². The number of nitrogens with one attached hydrogen (secondary N) is 2. The first-order valence-corrected chi connectivity index (χ1v) is 2.32. The Morgan fingerprint density at radius 1 is 1.55 bits per heavy atom. The average molecular weight is 162 g/mol. The van der Waals surface area contributed by atoms with Gasteiger partial charge in [0.15, 0.2) is 5.03 Å². The molecule has 9 heteroatoms. The van der Waals surface area contributed by atoms with Crippen LogP contribution in [0.15, 0.2) is 5.10 Å². The van der Waals surface area contributed by atoms with Gasteiger partial charge in [0.25, 0.3) is 0 Å². The molecule has 0 aliphatic heterocycles. The van der Waals surface area contributed by atoms with E-state index in [1.165, 1.54) is 5.43 Å². The molecule has 0 unspecified atom stereocenters. The molecule has 0 atom stereocenters. The topological polar surface area (TPSA) is 149 Å². The number of nitrogens with zero attached hydrogens (tertiary/aromatic N) is 2. The second-order valence-corrected chi connectivity index (χ2v) is 1.35. The highest BCUT2D eigenvalue weighted by Gasteiger charge is 2.03. The van der Waals surface area contributed by atoms with Gasteiger partial charge in [0.05, 0.1) is 0 Å². The molecule has 0 saturated heterocycles. The highest BCUT2D eigenvalue weighted by atomic mass is 16.7. The van der Waals surface area contributed by atoms with Gasteiger partial charge < -0.3 is 11.5 Å². The fraction of sp³-hybridized carbons (Fsp3) is 0. The lowest BCUT2D eigenvalue weighted by Gasteiger charge is -1.94. The van der Waals surface area contributed by atoms with Gasteiger partial charge in [0.1, 0.15) is 0 Å². The van der Waals surface area contributed by atoms with E-state index in [1.54, 1.807) is 5.43 Å². The van der Waals surface area contributed by atoms with E-state index in [-0.39, 0.29) is 0 Å². The maximum atomic E-state index is 10.3. The normalized spacial score (nSPS) is 8.00. The molecule has 0 rings (SSSR count). The molecule has 0 bridgehead atoms. The lowest BCUT2D eigenvalue weighted by atomic mass is 11.1. The van der Waals surface area contributed by atoms with Gasteiger partial charge in [0.2, 0.25) is 5.96 Å². The number of hydrogen-bond donors (Lipinski definition) is 4. The molecule has 0 saturated carbocycles. The van der Waals surface area contributed by atoms with Gasteiger partial charge in [-0.3, -0.25) is 0 Å². The van der Waals surface area contributed by atoms with Crippen LogP contribution in [0.2, 0.25) is 0 Å². The smallest absolute Gasteiger partial charge is 0.369 e. The third-order valence-corrected chi connectivity index (χ3v) is 0.479. The predicted molar refractivity (Wildman–Crippen MR) is 34.5 cm³/mol. The Morgan fingerprint density at radius 2 is 2.09 bits per heavy atom. The molecule has 62 valence electrons. The summed E-state index contributed by atoms with van der Waals surface area (Å²) in [5.74, 6) is -0.400. The number of carbonyl (C=O) groups is 1. The molecule has 0 heterocycles. The molecule has 2 amide bonds. The minimum Gasteiger partial charge on any atom is -0.369 e. The van der Waals surface area contributed by atoms with Crippen LogP contribution in [-0.4, -0.2) is 17.0 Å². The van der Waals surface area contributed by atoms with Gasteiger partial charge in [-0.05, 0) is 5.43 Å². The number of amides is 2. The Hall–Kier alpha value is -2.06. The van der Waals surface area contributed by atoms with E-state index in [1.807, 2.05) is 0 Å². The lowest BCUT2D eigenvalue weighted by molar-refractivity contribution is -0.527. The number of hydrazone groups is 1. The fourth-order valence-electron chi connectivity index (χ4n) is 0.223. The maximum Gasteiger partial charge on any atom is 0.393 e. The van der Waals surface area contributed by atoms with Crippen molar-refractivity contribution < 1.29 is 9.83 Å². The summed E-state index contributed by atoms with van der Waals surface area (Å²) in [5, 5.41) is 11.5. The Labute approximate surface area is 60.5 Å². The van der Waals surface area contributed by atoms with Crippen molar-refractivity contribution in [2.24, 2.45) is 16.6 Å². The molecule has 0 fully saturated rings. The molecular formula is C2H6N6O3. The maximum absolute atomic E-state index is 10.3. The number of carbonyl (C=O) groups excluding carboxylic acids is 1. The summed E-state index contributed by atoms with van der Waals surface area (Å²) >= 11 is 0. The fourth-order valence-corrected chi connectivity index (χ4v) is 0.223. The zero-order chi connectivity index (χ0) is 8.85. The minimum absolute atomic E-state index is 0.400. The zero-order valence-electron chi connectivity index (χ0n) is 5.27. The first-order valence-electron chi connectivity index (χ1n) is 2.32. The molecule has 0 aromatic rings. The van der Waals surface area contributed by atoms with Crippen molar-refractivity contribution >= 4 is 12.0 Å². The van der Waals surface area contributed by atoms with Gasteiger partial charge in [-0.25, -0.2) is 20.3 Å². The number of rotatable bonds is 2. The summed E-state index contributed by atoms with van der Waals surface area (Å²) < 4.78 is 0. The molecule has 11 heavy (non-hydrogen) atoms. The summed E-state index contributed by atoms with van der Waals surface area (Å²) in [4.78, 5) is 19.9. The van der Waals surface area contributed by atoms with Crippen LogP contribution in [0.3, 0.4) is 0 Å². The van der Waals surface area contributed by atoms with Crippen LogP contribution in [0.5, 0.6) is 0 Å². The zero-order valence-corrected chi connectivity index (χ0v) is 5.27. The molecule has 0 aromatic heterocycles. The van der Waals surface area contributed by atoms with Gasteiger partial charge in [-0.1, -0.05) is 0 Å². The van der Waals surface area contributed by atoms with E-state index < -0.39 is 17.0 Å². The van der Waals surface area contributed by atoms with E-state index in [0.717, 1.165) is 0 Å². The van der Waals surface area contributed by atoms with Gasteiger partial charge in [0, 0.05) is 0 Å². The molecule has 0 aliphatic carbocycles. The average Bonchev–Trinajstić information content (AvgIpc) is 1.82. The van der Waals surface area contributed by atoms with E-state index in [0.29, 0.717) is 0 Å². The Kier molecular flexibility index (Phi) is 3.15. The van der Waals surface area contributed by atoms with E-state index in [2.05, 4.69) is 5.10 Å². The summed E-state index contributed by atoms with van der Waals surface area (Å²) in [6, 6.07) is -1.12. The third-order valence-electron chi connectivity index (χ3n) is 0.479. The summed E-state index contributed by atoms with van der Waals surface area (Å²) in [5.41, 5.74) is 12.5. The molecule has 9 nitrogen and oxygen atoms in total. The molecule has 0 spiro atoms. The minimum atomic E-state index is -1.12. The second kappa shape index (κ2) is 3.87. The molecule has 0 aromatic carbocycles. The van der Waals surface area contributed by atoms with E-state index in [4.69, 9.17) is 11.5 Å². The van der Waals surface area contributed by atoms with Crippen LogP contribution >= 0.6 is 0 Å². The number of hydrazine groups is 1. The van der Waals surface area contributed by atoms with E-state index in [9.17, 15) is 14.9 Å². The monoisotopic (exact) mass is 162 g/mol. The quantitative estimate of drug-likeness (QED) is 0.155. The molecule has 0 radical (unpaired) electrons. The third kappa shape index (κ3) is 5.82. The van der Waals surface area contributed by atoms with Crippen LogP contribution in [0.4, 0.5) is 4.79 Å². The first kappa shape index (κ1) is 8.94. The highest BCUT2D eigenvalue weighted by Crippen LogP contribution is 1.64. The number of guanidine groups is 1. The van der Waals surface area contributed by atoms with Crippen LogP contribution < -0.4 is 22.3 Å². The van der Waals surface area contributed by atoms with Crippen molar-refractivity contribution in [1.82, 2.24) is 10.9 Å². The van der Waals surface area contributed by atoms with Gasteiger partial charge >= 0.3 is 6.03 Å².